The third kappa shape index (κ3) is 7.02. The van der Waals surface area contributed by atoms with Crippen LogP contribution in [0, 0.1) is 5.92 Å². The molecule has 0 fully saturated rings. The molecule has 0 bridgehead atoms. The Bertz CT molecular complexity index is 566. The van der Waals surface area contributed by atoms with E-state index in [2.05, 4.69) is 18.6 Å². The molecule has 0 heterocycles. The number of nitrogens with one attached hydrogen (secondary N) is 1. The SMILES string of the molecule is CC(C)CCC(C)NS(=O)(=O)Cc1ccc(C(N)=S)cc1. The molecule has 0 saturated heterocycles. The first-order valence-electron chi connectivity index (χ1n) is 7.08. The number of hydrogen-bond acceptors (Lipinski definition) is 3. The van der Waals surface area contributed by atoms with Gasteiger partial charge in [-0.25, -0.2) is 13.1 Å². The average molecular weight is 329 g/mol. The lowest BCUT2D eigenvalue weighted by Gasteiger charge is -2.15. The maximum atomic E-state index is 12.1. The van der Waals surface area contributed by atoms with Crippen molar-refractivity contribution in [3.05, 3.63) is 35.4 Å². The molecule has 21 heavy (non-hydrogen) atoms. The van der Waals surface area contributed by atoms with Crippen molar-refractivity contribution in [2.45, 2.75) is 45.4 Å². The van der Waals surface area contributed by atoms with Gasteiger partial charge in [0.05, 0.1) is 5.75 Å². The molecule has 0 spiro atoms. The molecule has 1 aromatic carbocycles. The highest BCUT2D eigenvalue weighted by Gasteiger charge is 2.15. The lowest BCUT2D eigenvalue weighted by molar-refractivity contribution is 0.485. The topological polar surface area (TPSA) is 72.2 Å². The second kappa shape index (κ2) is 7.87. The Morgan fingerprint density at radius 1 is 1.19 bits per heavy atom. The maximum absolute atomic E-state index is 12.1. The Kier molecular flexibility index (Phi) is 6.77. The van der Waals surface area contributed by atoms with E-state index in [1.165, 1.54) is 0 Å². The Morgan fingerprint density at radius 2 is 1.76 bits per heavy atom. The van der Waals surface area contributed by atoms with E-state index in [0.717, 1.165) is 24.0 Å². The summed E-state index contributed by atoms with van der Waals surface area (Å²) >= 11 is 4.87. The lowest BCUT2D eigenvalue weighted by Crippen LogP contribution is -2.33. The van der Waals surface area contributed by atoms with E-state index in [4.69, 9.17) is 18.0 Å². The number of sulfonamides is 1. The summed E-state index contributed by atoms with van der Waals surface area (Å²) in [5.74, 6) is 0.543. The van der Waals surface area contributed by atoms with Crippen LogP contribution in [0.15, 0.2) is 24.3 Å². The van der Waals surface area contributed by atoms with Gasteiger partial charge in [-0.3, -0.25) is 0 Å². The van der Waals surface area contributed by atoms with E-state index in [9.17, 15) is 8.42 Å². The fourth-order valence-corrected chi connectivity index (χ4v) is 3.56. The van der Waals surface area contributed by atoms with Crippen LogP contribution >= 0.6 is 12.2 Å². The first-order chi connectivity index (χ1) is 9.69. The van der Waals surface area contributed by atoms with Crippen LogP contribution in [-0.2, 0) is 15.8 Å². The zero-order valence-electron chi connectivity index (χ0n) is 12.8. The summed E-state index contributed by atoms with van der Waals surface area (Å²) in [6, 6.07) is 6.93. The molecule has 0 aromatic heterocycles. The Labute approximate surface area is 133 Å². The molecule has 6 heteroatoms. The highest BCUT2D eigenvalue weighted by molar-refractivity contribution is 7.88. The molecule has 0 aliphatic rings. The zero-order chi connectivity index (χ0) is 16.0. The number of rotatable bonds is 8. The van der Waals surface area contributed by atoms with Crippen LogP contribution in [0.1, 0.15) is 44.7 Å². The molecular formula is C15H24N2O2S2. The summed E-state index contributed by atoms with van der Waals surface area (Å²) < 4.78 is 26.9. The van der Waals surface area contributed by atoms with Crippen LogP contribution in [0.4, 0.5) is 0 Å². The van der Waals surface area contributed by atoms with Gasteiger partial charge in [0, 0.05) is 11.6 Å². The maximum Gasteiger partial charge on any atom is 0.216 e. The van der Waals surface area contributed by atoms with Gasteiger partial charge in [-0.05, 0) is 31.2 Å². The van der Waals surface area contributed by atoms with Gasteiger partial charge in [-0.1, -0.05) is 50.3 Å². The standard InChI is InChI=1S/C15H24N2O2S2/c1-11(2)4-5-12(3)17-21(18,19)10-13-6-8-14(9-7-13)15(16)20/h6-9,11-12,17H,4-5,10H2,1-3H3,(H2,16,20). The highest BCUT2D eigenvalue weighted by atomic mass is 32.2. The molecule has 0 saturated carbocycles. The van der Waals surface area contributed by atoms with Gasteiger partial charge >= 0.3 is 0 Å². The van der Waals surface area contributed by atoms with Gasteiger partial charge in [0.15, 0.2) is 0 Å². The van der Waals surface area contributed by atoms with Crippen LogP contribution in [-0.4, -0.2) is 19.4 Å². The first-order valence-corrected chi connectivity index (χ1v) is 9.14. The van der Waals surface area contributed by atoms with Crippen LogP contribution in [0.5, 0.6) is 0 Å². The van der Waals surface area contributed by atoms with Crippen molar-refractivity contribution in [1.29, 1.82) is 0 Å². The van der Waals surface area contributed by atoms with Crippen LogP contribution in [0.3, 0.4) is 0 Å². The molecule has 1 unspecified atom stereocenters. The second-order valence-corrected chi connectivity index (χ2v) is 8.00. The van der Waals surface area contributed by atoms with Crippen molar-refractivity contribution in [3.8, 4) is 0 Å². The Morgan fingerprint density at radius 3 is 2.24 bits per heavy atom. The van der Waals surface area contributed by atoms with Gasteiger partial charge in [0.1, 0.15) is 4.99 Å². The summed E-state index contributed by atoms with van der Waals surface area (Å²) in [4.78, 5) is 0.310. The third-order valence-electron chi connectivity index (χ3n) is 3.15. The summed E-state index contributed by atoms with van der Waals surface area (Å²) in [5.41, 5.74) is 6.98. The molecule has 0 aliphatic heterocycles. The van der Waals surface area contributed by atoms with Gasteiger partial charge in [-0.15, -0.1) is 0 Å². The van der Waals surface area contributed by atoms with Crippen molar-refractivity contribution in [2.24, 2.45) is 11.7 Å². The number of nitrogens with two attached hydrogens (primary N) is 1. The fourth-order valence-electron chi connectivity index (χ4n) is 1.98. The van der Waals surface area contributed by atoms with Crippen LogP contribution in [0.2, 0.25) is 0 Å². The van der Waals surface area contributed by atoms with Gasteiger partial charge < -0.3 is 5.73 Å². The molecule has 1 rings (SSSR count). The summed E-state index contributed by atoms with van der Waals surface area (Å²) in [6.07, 6.45) is 1.85. The van der Waals surface area contributed by atoms with Crippen molar-refractivity contribution in [3.63, 3.8) is 0 Å². The van der Waals surface area contributed by atoms with Crippen molar-refractivity contribution in [2.75, 3.05) is 0 Å². The first kappa shape index (κ1) is 18.1. The quantitative estimate of drug-likeness (QED) is 0.719. The van der Waals surface area contributed by atoms with E-state index in [0.29, 0.717) is 10.9 Å². The van der Waals surface area contributed by atoms with E-state index < -0.39 is 10.0 Å². The minimum absolute atomic E-state index is 0.0311. The fraction of sp³-hybridized carbons (Fsp3) is 0.533. The molecule has 4 nitrogen and oxygen atoms in total. The van der Waals surface area contributed by atoms with Crippen molar-refractivity contribution in [1.82, 2.24) is 4.72 Å². The number of benzene rings is 1. The van der Waals surface area contributed by atoms with E-state index in [-0.39, 0.29) is 11.8 Å². The zero-order valence-corrected chi connectivity index (χ0v) is 14.4. The predicted molar refractivity (Wildman–Crippen MR) is 91.6 cm³/mol. The Balaban J connectivity index is 2.61. The Hall–Kier alpha value is -0.980. The molecule has 118 valence electrons. The van der Waals surface area contributed by atoms with Gasteiger partial charge in [0.25, 0.3) is 0 Å². The highest BCUT2D eigenvalue weighted by Crippen LogP contribution is 2.11. The molecular weight excluding hydrogens is 304 g/mol. The van der Waals surface area contributed by atoms with E-state index >= 15 is 0 Å². The molecule has 0 radical (unpaired) electrons. The normalized spacial score (nSPS) is 13.3. The third-order valence-corrected chi connectivity index (χ3v) is 4.86. The average Bonchev–Trinajstić information content (AvgIpc) is 2.35. The van der Waals surface area contributed by atoms with E-state index in [1.54, 1.807) is 24.3 Å². The summed E-state index contributed by atoms with van der Waals surface area (Å²) in [7, 11) is -3.33. The second-order valence-electron chi connectivity index (χ2n) is 5.81. The number of hydrogen-bond donors (Lipinski definition) is 2. The van der Waals surface area contributed by atoms with Crippen molar-refractivity contribution >= 4 is 27.2 Å². The van der Waals surface area contributed by atoms with Crippen molar-refractivity contribution < 1.29 is 8.42 Å². The van der Waals surface area contributed by atoms with E-state index in [1.807, 2.05) is 6.92 Å². The van der Waals surface area contributed by atoms with Gasteiger partial charge in [0.2, 0.25) is 10.0 Å². The molecule has 0 aliphatic carbocycles. The van der Waals surface area contributed by atoms with Gasteiger partial charge in [-0.2, -0.15) is 0 Å². The summed E-state index contributed by atoms with van der Waals surface area (Å²) in [6.45, 7) is 6.16. The monoisotopic (exact) mass is 328 g/mol. The van der Waals surface area contributed by atoms with Crippen LogP contribution in [0.25, 0.3) is 0 Å². The lowest BCUT2D eigenvalue weighted by atomic mass is 10.1. The minimum atomic E-state index is -3.33. The molecule has 3 N–H and O–H groups in total. The minimum Gasteiger partial charge on any atom is -0.389 e. The molecule has 1 atom stereocenters. The summed E-state index contributed by atoms with van der Waals surface area (Å²) in [5, 5.41) is 0. The smallest absolute Gasteiger partial charge is 0.216 e. The number of thiocarbonyl (C=S) groups is 1. The van der Waals surface area contributed by atoms with Crippen LogP contribution < -0.4 is 10.5 Å². The molecule has 0 amide bonds. The molecule has 1 aromatic rings. The largest absolute Gasteiger partial charge is 0.389 e. The predicted octanol–water partition coefficient (Wildman–Crippen LogP) is 2.56.